The summed E-state index contributed by atoms with van der Waals surface area (Å²) in [4.78, 5) is 20.3. The largest absolute Gasteiger partial charge is 0.468 e. The van der Waals surface area contributed by atoms with Crippen LogP contribution < -0.4 is 4.90 Å². The zero-order valence-corrected chi connectivity index (χ0v) is 14.0. The number of anilines is 1. The molecule has 1 saturated heterocycles. The van der Waals surface area contributed by atoms with Crippen molar-refractivity contribution in [3.05, 3.63) is 34.9 Å². The molecule has 0 bridgehead atoms. The number of ether oxygens (including phenoxy) is 1. The lowest BCUT2D eigenvalue weighted by molar-refractivity contribution is -0.142. The van der Waals surface area contributed by atoms with Crippen molar-refractivity contribution < 1.29 is 9.53 Å². The van der Waals surface area contributed by atoms with Gasteiger partial charge in [0.1, 0.15) is 0 Å². The average Bonchev–Trinajstić information content (AvgIpc) is 2.55. The first-order chi connectivity index (χ1) is 10.7. The molecule has 2 aromatic rings. The highest BCUT2D eigenvalue weighted by molar-refractivity contribution is 9.10. The summed E-state index contributed by atoms with van der Waals surface area (Å²) in [5.74, 6) is -0.174. The fourth-order valence-electron chi connectivity index (χ4n) is 2.77. The maximum atomic E-state index is 11.4. The van der Waals surface area contributed by atoms with E-state index in [2.05, 4.69) is 42.8 Å². The molecule has 0 aliphatic carbocycles. The molecule has 116 valence electrons. The number of carbonyl (C=O) groups is 1. The number of nitrogens with zero attached hydrogens (tertiary/aromatic N) is 3. The lowest BCUT2D eigenvalue weighted by Crippen LogP contribution is -2.48. The highest BCUT2D eigenvalue weighted by Gasteiger charge is 2.20. The predicted octanol–water partition coefficient (Wildman–Crippen LogP) is 2.29. The topological polar surface area (TPSA) is 45.7 Å². The normalized spacial score (nSPS) is 16.0. The summed E-state index contributed by atoms with van der Waals surface area (Å²) in [5, 5.41) is 1.15. The standard InChI is InChI=1S/C16H18BrN3O2/c1-22-16(21)11-19-6-8-20(9-7-19)15-4-5-18-14-3-2-12(17)10-13(14)15/h2-5,10H,6-9,11H2,1H3. The third-order valence-corrected chi connectivity index (χ3v) is 4.47. The maximum absolute atomic E-state index is 11.4. The van der Waals surface area contributed by atoms with Gasteiger partial charge in [0.05, 0.1) is 19.2 Å². The summed E-state index contributed by atoms with van der Waals surface area (Å²) >= 11 is 3.53. The van der Waals surface area contributed by atoms with Gasteiger partial charge in [-0.3, -0.25) is 14.7 Å². The highest BCUT2D eigenvalue weighted by Crippen LogP contribution is 2.28. The molecule has 3 rings (SSSR count). The van der Waals surface area contributed by atoms with Crippen LogP contribution in [0.15, 0.2) is 34.9 Å². The van der Waals surface area contributed by atoms with Gasteiger partial charge < -0.3 is 9.64 Å². The van der Waals surface area contributed by atoms with E-state index < -0.39 is 0 Å². The molecular formula is C16H18BrN3O2. The number of halogens is 1. The average molecular weight is 364 g/mol. The number of piperazine rings is 1. The van der Waals surface area contributed by atoms with Crippen LogP contribution in [0.4, 0.5) is 5.69 Å². The number of hydrogen-bond acceptors (Lipinski definition) is 5. The van der Waals surface area contributed by atoms with E-state index in [9.17, 15) is 4.79 Å². The van der Waals surface area contributed by atoms with Gasteiger partial charge in [-0.15, -0.1) is 0 Å². The van der Waals surface area contributed by atoms with E-state index in [4.69, 9.17) is 4.74 Å². The number of carbonyl (C=O) groups excluding carboxylic acids is 1. The molecular weight excluding hydrogens is 346 g/mol. The molecule has 0 atom stereocenters. The number of esters is 1. The fraction of sp³-hybridized carbons (Fsp3) is 0.375. The Bertz CT molecular complexity index is 684. The van der Waals surface area contributed by atoms with Gasteiger partial charge in [-0.05, 0) is 24.3 Å². The molecule has 0 saturated carbocycles. The second-order valence-corrected chi connectivity index (χ2v) is 6.25. The van der Waals surface area contributed by atoms with Crippen molar-refractivity contribution in [2.45, 2.75) is 0 Å². The van der Waals surface area contributed by atoms with Crippen LogP contribution in [0.3, 0.4) is 0 Å². The molecule has 0 amide bonds. The zero-order chi connectivity index (χ0) is 15.5. The molecule has 0 spiro atoms. The predicted molar refractivity (Wildman–Crippen MR) is 90.1 cm³/mol. The van der Waals surface area contributed by atoms with E-state index in [1.54, 1.807) is 0 Å². The minimum Gasteiger partial charge on any atom is -0.468 e. The molecule has 6 heteroatoms. The molecule has 1 aromatic heterocycles. The molecule has 5 nitrogen and oxygen atoms in total. The summed E-state index contributed by atoms with van der Waals surface area (Å²) in [6.45, 7) is 3.86. The van der Waals surface area contributed by atoms with Crippen LogP contribution in [-0.4, -0.2) is 55.7 Å². The van der Waals surface area contributed by atoms with Gasteiger partial charge >= 0.3 is 5.97 Å². The minimum atomic E-state index is -0.174. The molecule has 1 aliphatic heterocycles. The number of methoxy groups -OCH3 is 1. The van der Waals surface area contributed by atoms with Crippen molar-refractivity contribution in [1.82, 2.24) is 9.88 Å². The monoisotopic (exact) mass is 363 g/mol. The summed E-state index contributed by atoms with van der Waals surface area (Å²) in [7, 11) is 1.43. The Morgan fingerprint density at radius 3 is 2.77 bits per heavy atom. The maximum Gasteiger partial charge on any atom is 0.319 e. The summed E-state index contributed by atoms with van der Waals surface area (Å²) in [5.41, 5.74) is 2.20. The smallest absolute Gasteiger partial charge is 0.319 e. The van der Waals surface area contributed by atoms with E-state index in [1.165, 1.54) is 12.8 Å². The van der Waals surface area contributed by atoms with E-state index >= 15 is 0 Å². The van der Waals surface area contributed by atoms with Gasteiger partial charge in [0, 0.05) is 47.9 Å². The van der Waals surface area contributed by atoms with E-state index in [0.717, 1.165) is 41.6 Å². The van der Waals surface area contributed by atoms with Crippen LogP contribution in [-0.2, 0) is 9.53 Å². The Kier molecular flexibility index (Phi) is 4.59. The molecule has 0 radical (unpaired) electrons. The van der Waals surface area contributed by atoms with E-state index in [-0.39, 0.29) is 5.97 Å². The first-order valence-corrected chi connectivity index (χ1v) is 8.05. The number of aromatic nitrogens is 1. The first kappa shape index (κ1) is 15.2. The molecule has 0 unspecified atom stereocenters. The van der Waals surface area contributed by atoms with Crippen LogP contribution in [0.2, 0.25) is 0 Å². The van der Waals surface area contributed by atoms with Crippen LogP contribution in [0.25, 0.3) is 10.9 Å². The molecule has 1 aromatic carbocycles. The molecule has 22 heavy (non-hydrogen) atoms. The second kappa shape index (κ2) is 6.62. The second-order valence-electron chi connectivity index (χ2n) is 5.33. The van der Waals surface area contributed by atoms with Crippen LogP contribution in [0, 0.1) is 0 Å². The number of fused-ring (bicyclic) bond motifs is 1. The quantitative estimate of drug-likeness (QED) is 0.783. The molecule has 1 fully saturated rings. The van der Waals surface area contributed by atoms with Crippen LogP contribution in [0.5, 0.6) is 0 Å². The molecule has 0 N–H and O–H groups in total. The van der Waals surface area contributed by atoms with Crippen molar-refractivity contribution in [2.75, 3.05) is 44.7 Å². The van der Waals surface area contributed by atoms with Gasteiger partial charge in [-0.2, -0.15) is 0 Å². The van der Waals surface area contributed by atoms with Crippen molar-refractivity contribution in [2.24, 2.45) is 0 Å². The third kappa shape index (κ3) is 3.23. The Hall–Kier alpha value is -1.66. The van der Waals surface area contributed by atoms with Crippen molar-refractivity contribution in [3.8, 4) is 0 Å². The van der Waals surface area contributed by atoms with Gasteiger partial charge in [0.15, 0.2) is 0 Å². The Balaban J connectivity index is 1.76. The number of pyridine rings is 1. The first-order valence-electron chi connectivity index (χ1n) is 7.26. The zero-order valence-electron chi connectivity index (χ0n) is 12.5. The van der Waals surface area contributed by atoms with Crippen LogP contribution >= 0.6 is 15.9 Å². The Labute approximate surface area is 138 Å². The fourth-order valence-corrected chi connectivity index (χ4v) is 3.13. The van der Waals surface area contributed by atoms with Crippen LogP contribution in [0.1, 0.15) is 0 Å². The van der Waals surface area contributed by atoms with Gasteiger partial charge in [0.25, 0.3) is 0 Å². The van der Waals surface area contributed by atoms with Gasteiger partial charge in [0.2, 0.25) is 0 Å². The van der Waals surface area contributed by atoms with Crippen molar-refractivity contribution >= 4 is 38.5 Å². The van der Waals surface area contributed by atoms with Gasteiger partial charge in [-0.1, -0.05) is 15.9 Å². The Morgan fingerprint density at radius 1 is 1.27 bits per heavy atom. The van der Waals surface area contributed by atoms with Gasteiger partial charge in [-0.25, -0.2) is 0 Å². The third-order valence-electron chi connectivity index (χ3n) is 3.97. The van der Waals surface area contributed by atoms with E-state index in [1.807, 2.05) is 18.3 Å². The SMILES string of the molecule is COC(=O)CN1CCN(c2ccnc3ccc(Br)cc23)CC1. The highest BCUT2D eigenvalue weighted by atomic mass is 79.9. The lowest BCUT2D eigenvalue weighted by atomic mass is 10.1. The minimum absolute atomic E-state index is 0.174. The van der Waals surface area contributed by atoms with E-state index in [0.29, 0.717) is 6.54 Å². The number of hydrogen-bond donors (Lipinski definition) is 0. The molecule has 2 heterocycles. The summed E-state index contributed by atoms with van der Waals surface area (Å²) < 4.78 is 5.78. The van der Waals surface area contributed by atoms with Crippen molar-refractivity contribution in [1.29, 1.82) is 0 Å². The number of rotatable bonds is 3. The molecule has 1 aliphatic rings. The summed E-state index contributed by atoms with van der Waals surface area (Å²) in [6.07, 6.45) is 1.85. The Morgan fingerprint density at radius 2 is 2.05 bits per heavy atom. The number of benzene rings is 1. The lowest BCUT2D eigenvalue weighted by Gasteiger charge is -2.36. The van der Waals surface area contributed by atoms with Crippen molar-refractivity contribution in [3.63, 3.8) is 0 Å². The summed E-state index contributed by atoms with van der Waals surface area (Å²) in [6, 6.07) is 8.20.